The number of aromatic nitrogens is 2. The predicted molar refractivity (Wildman–Crippen MR) is 137 cm³/mol. The van der Waals surface area contributed by atoms with Crippen molar-refractivity contribution in [1.29, 1.82) is 0 Å². The van der Waals surface area contributed by atoms with Gasteiger partial charge in [-0.05, 0) is 55.2 Å². The normalized spacial score (nSPS) is 14.9. The molecule has 35 heavy (non-hydrogen) atoms. The molecular formula is C25H30N6O3S. The Morgan fingerprint density at radius 1 is 1.26 bits per heavy atom. The monoisotopic (exact) mass is 494 g/mol. The molecule has 0 unspecified atom stereocenters. The Balaban J connectivity index is 1.65. The molecule has 0 aliphatic carbocycles. The molecule has 0 saturated carbocycles. The molecule has 1 aliphatic heterocycles. The van der Waals surface area contributed by atoms with E-state index in [1.54, 1.807) is 11.3 Å². The van der Waals surface area contributed by atoms with Gasteiger partial charge in [-0.1, -0.05) is 12.1 Å². The third kappa shape index (κ3) is 6.70. The summed E-state index contributed by atoms with van der Waals surface area (Å²) in [5, 5.41) is 6.27. The molecule has 1 atom stereocenters. The number of rotatable bonds is 9. The lowest BCUT2D eigenvalue weighted by atomic mass is 9.97. The molecule has 3 heterocycles. The first kappa shape index (κ1) is 24.9. The molecule has 4 N–H and O–H groups in total. The van der Waals surface area contributed by atoms with Crippen LogP contribution < -0.4 is 16.4 Å². The van der Waals surface area contributed by atoms with E-state index in [1.807, 2.05) is 38.2 Å². The Bertz CT molecular complexity index is 1190. The maximum atomic E-state index is 12.0. The molecular weight excluding hydrogens is 464 g/mol. The zero-order valence-electron chi connectivity index (χ0n) is 19.9. The lowest BCUT2D eigenvalue weighted by molar-refractivity contribution is -0.126. The highest BCUT2D eigenvalue weighted by Gasteiger charge is 2.17. The van der Waals surface area contributed by atoms with E-state index in [0.717, 1.165) is 76.6 Å². The van der Waals surface area contributed by atoms with E-state index in [-0.39, 0.29) is 0 Å². The van der Waals surface area contributed by atoms with Gasteiger partial charge in [-0.15, -0.1) is 11.3 Å². The number of nitrogens with one attached hydrogen (secondary N) is 2. The molecule has 1 aliphatic rings. The number of thiazole rings is 1. The van der Waals surface area contributed by atoms with Crippen LogP contribution in [0.2, 0.25) is 0 Å². The summed E-state index contributed by atoms with van der Waals surface area (Å²) in [6.07, 6.45) is 2.51. The molecule has 3 aromatic rings. The number of aryl methyl sites for hydroxylation is 2. The lowest BCUT2D eigenvalue weighted by Crippen LogP contribution is -2.41. The van der Waals surface area contributed by atoms with Crippen molar-refractivity contribution in [2.24, 2.45) is 5.73 Å². The van der Waals surface area contributed by atoms with Crippen molar-refractivity contribution in [3.8, 4) is 11.3 Å². The second kappa shape index (κ2) is 11.5. The van der Waals surface area contributed by atoms with Crippen LogP contribution in [0.4, 0.5) is 10.9 Å². The summed E-state index contributed by atoms with van der Waals surface area (Å²) in [6, 6.07) is 9.38. The zero-order chi connectivity index (χ0) is 24.8. The maximum absolute atomic E-state index is 12.0. The van der Waals surface area contributed by atoms with Gasteiger partial charge in [-0.3, -0.25) is 19.8 Å². The average molecular weight is 495 g/mol. The number of carbonyl (C=O) groups is 2. The van der Waals surface area contributed by atoms with Gasteiger partial charge in [0.1, 0.15) is 5.82 Å². The summed E-state index contributed by atoms with van der Waals surface area (Å²) in [6.45, 7) is 8.04. The van der Waals surface area contributed by atoms with Crippen LogP contribution >= 0.6 is 11.3 Å². The van der Waals surface area contributed by atoms with E-state index in [2.05, 4.69) is 32.7 Å². The molecule has 0 radical (unpaired) electrons. The van der Waals surface area contributed by atoms with Crippen LogP contribution in [0.5, 0.6) is 0 Å². The Labute approximate surface area is 208 Å². The number of amides is 2. The van der Waals surface area contributed by atoms with Gasteiger partial charge in [-0.25, -0.2) is 9.97 Å². The first-order valence-corrected chi connectivity index (χ1v) is 12.3. The fourth-order valence-corrected chi connectivity index (χ4v) is 4.65. The fraction of sp³-hybridized carbons (Fsp3) is 0.360. The fourth-order valence-electron chi connectivity index (χ4n) is 3.98. The maximum Gasteiger partial charge on any atom is 0.243 e. The van der Waals surface area contributed by atoms with Gasteiger partial charge in [0.25, 0.3) is 0 Å². The third-order valence-electron chi connectivity index (χ3n) is 5.87. The SMILES string of the molecule is Cc1cnc(Nc2cc(CN3CCOCC3)cc(-c3ccc(C)c(C[C@H](N)C(=O)NC=O)c3)n2)s1. The minimum absolute atomic E-state index is 0.316. The molecule has 2 amide bonds. The van der Waals surface area contributed by atoms with Crippen LogP contribution in [-0.2, 0) is 27.3 Å². The van der Waals surface area contributed by atoms with Crippen LogP contribution in [0.25, 0.3) is 11.3 Å². The molecule has 9 nitrogen and oxygen atoms in total. The molecule has 0 bridgehead atoms. The Morgan fingerprint density at radius 3 is 2.77 bits per heavy atom. The molecule has 0 spiro atoms. The van der Waals surface area contributed by atoms with Crippen LogP contribution in [0.15, 0.2) is 36.5 Å². The van der Waals surface area contributed by atoms with Crippen molar-refractivity contribution in [2.75, 3.05) is 31.6 Å². The zero-order valence-corrected chi connectivity index (χ0v) is 20.7. The van der Waals surface area contributed by atoms with E-state index in [9.17, 15) is 9.59 Å². The van der Waals surface area contributed by atoms with Crippen molar-refractivity contribution in [1.82, 2.24) is 20.2 Å². The second-order valence-corrected chi connectivity index (χ2v) is 9.85. The molecule has 4 rings (SSSR count). The molecule has 184 valence electrons. The topological polar surface area (TPSA) is 122 Å². The Morgan fingerprint density at radius 2 is 2.06 bits per heavy atom. The van der Waals surface area contributed by atoms with Crippen LogP contribution in [-0.4, -0.2) is 59.5 Å². The number of imide groups is 1. The summed E-state index contributed by atoms with van der Waals surface area (Å²) in [5.41, 5.74) is 10.8. The number of benzene rings is 1. The van der Waals surface area contributed by atoms with Gasteiger partial charge in [-0.2, -0.15) is 0 Å². The van der Waals surface area contributed by atoms with E-state index in [4.69, 9.17) is 15.5 Å². The number of pyridine rings is 1. The number of hydrogen-bond acceptors (Lipinski definition) is 9. The number of nitrogens with two attached hydrogens (primary N) is 1. The van der Waals surface area contributed by atoms with Crippen molar-refractivity contribution >= 4 is 34.6 Å². The van der Waals surface area contributed by atoms with Gasteiger partial charge in [0.15, 0.2) is 5.13 Å². The van der Waals surface area contributed by atoms with Gasteiger partial charge in [0.2, 0.25) is 12.3 Å². The minimum atomic E-state index is -0.819. The number of anilines is 2. The number of nitrogens with zero attached hydrogens (tertiary/aromatic N) is 3. The predicted octanol–water partition coefficient (Wildman–Crippen LogP) is 2.54. The van der Waals surface area contributed by atoms with Gasteiger partial charge >= 0.3 is 0 Å². The van der Waals surface area contributed by atoms with Gasteiger partial charge in [0, 0.05) is 36.3 Å². The molecule has 1 aromatic carbocycles. The smallest absolute Gasteiger partial charge is 0.243 e. The summed E-state index contributed by atoms with van der Waals surface area (Å²) in [5.74, 6) is 0.227. The van der Waals surface area contributed by atoms with Gasteiger partial charge < -0.3 is 15.8 Å². The molecule has 1 saturated heterocycles. The standard InChI is InChI=1S/C25H30N6O3S/c1-16-3-4-19(11-20(16)12-21(26)24(33)28-15-32)22-9-18(14-31-5-7-34-8-6-31)10-23(29-22)30-25-27-13-17(2)35-25/h3-4,9-11,13,15,21H,5-8,12,14,26H2,1-2H3,(H,27,29,30)(H,28,32,33)/t21-/m0/s1. The van der Waals surface area contributed by atoms with E-state index in [0.29, 0.717) is 12.8 Å². The largest absolute Gasteiger partial charge is 0.379 e. The van der Waals surface area contributed by atoms with Crippen LogP contribution in [0.1, 0.15) is 21.6 Å². The minimum Gasteiger partial charge on any atom is -0.379 e. The van der Waals surface area contributed by atoms with Crippen molar-refractivity contribution in [3.63, 3.8) is 0 Å². The average Bonchev–Trinajstić information content (AvgIpc) is 3.25. The second-order valence-electron chi connectivity index (χ2n) is 8.61. The summed E-state index contributed by atoms with van der Waals surface area (Å²) < 4.78 is 5.49. The van der Waals surface area contributed by atoms with E-state index >= 15 is 0 Å². The number of carbonyl (C=O) groups excluding carboxylic acids is 2. The van der Waals surface area contributed by atoms with Crippen LogP contribution in [0, 0.1) is 13.8 Å². The highest BCUT2D eigenvalue weighted by atomic mass is 32.1. The van der Waals surface area contributed by atoms with Gasteiger partial charge in [0.05, 0.1) is 24.9 Å². The first-order valence-electron chi connectivity index (χ1n) is 11.5. The third-order valence-corrected chi connectivity index (χ3v) is 6.70. The molecule has 1 fully saturated rings. The number of morpholine rings is 1. The highest BCUT2D eigenvalue weighted by molar-refractivity contribution is 7.15. The first-order chi connectivity index (χ1) is 16.9. The van der Waals surface area contributed by atoms with Crippen molar-refractivity contribution in [3.05, 3.63) is 58.1 Å². The number of hydrogen-bond donors (Lipinski definition) is 3. The number of ether oxygens (including phenoxy) is 1. The van der Waals surface area contributed by atoms with Crippen LogP contribution in [0.3, 0.4) is 0 Å². The highest BCUT2D eigenvalue weighted by Crippen LogP contribution is 2.28. The van der Waals surface area contributed by atoms with Crippen molar-refractivity contribution < 1.29 is 14.3 Å². The van der Waals surface area contributed by atoms with E-state index < -0.39 is 11.9 Å². The molecule has 10 heteroatoms. The summed E-state index contributed by atoms with van der Waals surface area (Å²) >= 11 is 1.58. The quantitative estimate of drug-likeness (QED) is 0.388. The molecule has 2 aromatic heterocycles. The summed E-state index contributed by atoms with van der Waals surface area (Å²) in [4.78, 5) is 35.3. The lowest BCUT2D eigenvalue weighted by Gasteiger charge is -2.26. The van der Waals surface area contributed by atoms with Crippen molar-refractivity contribution in [2.45, 2.75) is 32.9 Å². The Kier molecular flexibility index (Phi) is 8.19. The Hall–Kier alpha value is -3.18. The van der Waals surface area contributed by atoms with E-state index in [1.165, 1.54) is 0 Å². The summed E-state index contributed by atoms with van der Waals surface area (Å²) in [7, 11) is 0.